The smallest absolute Gasteiger partial charge is 0.241 e. The molecule has 6 heteroatoms. The molecule has 16 heavy (non-hydrogen) atoms. The molecule has 2 aromatic heterocycles. The van der Waals surface area contributed by atoms with E-state index in [1.165, 1.54) is 0 Å². The van der Waals surface area contributed by atoms with E-state index in [-0.39, 0.29) is 6.61 Å². The molecular formula is C10H13N3O2S. The van der Waals surface area contributed by atoms with Gasteiger partial charge in [-0.05, 0) is 18.5 Å². The third-order valence-electron chi connectivity index (χ3n) is 2.13. The van der Waals surface area contributed by atoms with Crippen molar-refractivity contribution in [3.63, 3.8) is 0 Å². The van der Waals surface area contributed by atoms with Crippen molar-refractivity contribution in [2.24, 2.45) is 0 Å². The molecule has 0 bridgehead atoms. The Kier molecular flexibility index (Phi) is 3.66. The van der Waals surface area contributed by atoms with Crippen molar-refractivity contribution in [2.75, 3.05) is 20.2 Å². The van der Waals surface area contributed by atoms with Crippen LogP contribution < -0.4 is 0 Å². The van der Waals surface area contributed by atoms with Crippen LogP contribution in [0.15, 0.2) is 21.3 Å². The molecule has 5 nitrogen and oxygen atoms in total. The number of thiophene rings is 1. The lowest BCUT2D eigenvalue weighted by Crippen LogP contribution is -2.21. The van der Waals surface area contributed by atoms with Crippen molar-refractivity contribution >= 4 is 11.3 Å². The van der Waals surface area contributed by atoms with Crippen molar-refractivity contribution in [3.8, 4) is 11.4 Å². The predicted octanol–water partition coefficient (Wildman–Crippen LogP) is 1.22. The highest BCUT2D eigenvalue weighted by Crippen LogP contribution is 2.18. The topological polar surface area (TPSA) is 62.4 Å². The minimum Gasteiger partial charge on any atom is -0.395 e. The van der Waals surface area contributed by atoms with Gasteiger partial charge in [-0.2, -0.15) is 16.3 Å². The Morgan fingerprint density at radius 1 is 1.56 bits per heavy atom. The summed E-state index contributed by atoms with van der Waals surface area (Å²) in [5.41, 5.74) is 0.977. The van der Waals surface area contributed by atoms with Crippen LogP contribution in [0.2, 0.25) is 0 Å². The van der Waals surface area contributed by atoms with E-state index in [1.54, 1.807) is 11.3 Å². The Hall–Kier alpha value is -1.24. The molecule has 86 valence electrons. The summed E-state index contributed by atoms with van der Waals surface area (Å²) in [7, 11) is 1.89. The number of aromatic nitrogens is 2. The lowest BCUT2D eigenvalue weighted by atomic mass is 10.3. The normalized spacial score (nSPS) is 11.2. The van der Waals surface area contributed by atoms with Crippen LogP contribution in [0.3, 0.4) is 0 Å². The first-order valence-electron chi connectivity index (χ1n) is 4.94. The van der Waals surface area contributed by atoms with E-state index in [0.717, 1.165) is 5.56 Å². The Balaban J connectivity index is 2.03. The Bertz CT molecular complexity index is 427. The molecule has 0 radical (unpaired) electrons. The highest BCUT2D eigenvalue weighted by molar-refractivity contribution is 7.08. The van der Waals surface area contributed by atoms with Gasteiger partial charge in [-0.15, -0.1) is 0 Å². The molecule has 0 atom stereocenters. The van der Waals surface area contributed by atoms with Crippen LogP contribution in [0, 0.1) is 0 Å². The number of aliphatic hydroxyl groups excluding tert-OH is 1. The summed E-state index contributed by atoms with van der Waals surface area (Å²) in [5, 5.41) is 16.6. The number of likely N-dealkylation sites (N-methyl/N-ethyl adjacent to an activating group) is 1. The summed E-state index contributed by atoms with van der Waals surface area (Å²) >= 11 is 1.60. The lowest BCUT2D eigenvalue weighted by molar-refractivity contribution is 0.200. The summed E-state index contributed by atoms with van der Waals surface area (Å²) in [4.78, 5) is 6.20. The first-order chi connectivity index (χ1) is 7.79. The standard InChI is InChI=1S/C10H13N3O2S/c1-13(3-4-14)6-9-11-10(12-15-9)8-2-5-16-7-8/h2,5,7,14H,3-4,6H2,1H3. The second kappa shape index (κ2) is 5.20. The first kappa shape index (κ1) is 11.3. The van der Waals surface area contributed by atoms with Crippen LogP contribution >= 0.6 is 11.3 Å². The quantitative estimate of drug-likeness (QED) is 0.850. The molecule has 0 aliphatic carbocycles. The molecule has 1 N–H and O–H groups in total. The van der Waals surface area contributed by atoms with Crippen LogP contribution in [0.5, 0.6) is 0 Å². The summed E-state index contributed by atoms with van der Waals surface area (Å²) in [6.45, 7) is 1.27. The van der Waals surface area contributed by atoms with Gasteiger partial charge in [0.15, 0.2) is 0 Å². The fraction of sp³-hybridized carbons (Fsp3) is 0.400. The highest BCUT2D eigenvalue weighted by Gasteiger charge is 2.10. The van der Waals surface area contributed by atoms with Gasteiger partial charge < -0.3 is 9.63 Å². The third kappa shape index (κ3) is 2.66. The largest absolute Gasteiger partial charge is 0.395 e. The molecule has 0 aliphatic heterocycles. The third-order valence-corrected chi connectivity index (χ3v) is 2.82. The number of hydrogen-bond donors (Lipinski definition) is 1. The van der Waals surface area contributed by atoms with E-state index in [9.17, 15) is 0 Å². The lowest BCUT2D eigenvalue weighted by Gasteiger charge is -2.10. The zero-order chi connectivity index (χ0) is 11.4. The first-order valence-corrected chi connectivity index (χ1v) is 5.88. The second-order valence-corrected chi connectivity index (χ2v) is 4.27. The fourth-order valence-corrected chi connectivity index (χ4v) is 1.94. The van der Waals surface area contributed by atoms with Gasteiger partial charge in [-0.1, -0.05) is 5.16 Å². The molecule has 0 amide bonds. The van der Waals surface area contributed by atoms with Crippen molar-refractivity contribution < 1.29 is 9.63 Å². The molecule has 0 spiro atoms. The average molecular weight is 239 g/mol. The average Bonchev–Trinajstić information content (AvgIpc) is 2.86. The maximum absolute atomic E-state index is 8.76. The summed E-state index contributed by atoms with van der Waals surface area (Å²) in [5.74, 6) is 1.19. The second-order valence-electron chi connectivity index (χ2n) is 3.49. The van der Waals surface area contributed by atoms with E-state index in [4.69, 9.17) is 9.63 Å². The Labute approximate surface area is 97.3 Å². The Morgan fingerprint density at radius 3 is 3.12 bits per heavy atom. The molecule has 0 aromatic carbocycles. The molecule has 0 saturated carbocycles. The van der Waals surface area contributed by atoms with Gasteiger partial charge >= 0.3 is 0 Å². The minimum atomic E-state index is 0.127. The Morgan fingerprint density at radius 2 is 2.44 bits per heavy atom. The van der Waals surface area contributed by atoms with Crippen LogP contribution in [-0.4, -0.2) is 40.3 Å². The van der Waals surface area contributed by atoms with Gasteiger partial charge in [0.25, 0.3) is 0 Å². The zero-order valence-electron chi connectivity index (χ0n) is 8.96. The summed E-state index contributed by atoms with van der Waals surface area (Å²) < 4.78 is 5.13. The number of hydrogen-bond acceptors (Lipinski definition) is 6. The van der Waals surface area contributed by atoms with E-state index in [1.807, 2.05) is 28.8 Å². The SMILES string of the molecule is CN(CCO)Cc1nc(-c2ccsc2)no1. The van der Waals surface area contributed by atoms with E-state index in [2.05, 4.69) is 10.1 Å². The maximum Gasteiger partial charge on any atom is 0.241 e. The number of nitrogens with zero attached hydrogens (tertiary/aromatic N) is 3. The molecule has 0 fully saturated rings. The van der Waals surface area contributed by atoms with Crippen molar-refractivity contribution in [1.29, 1.82) is 0 Å². The molecule has 0 unspecified atom stereocenters. The van der Waals surface area contributed by atoms with Crippen molar-refractivity contribution in [2.45, 2.75) is 6.54 Å². The highest BCUT2D eigenvalue weighted by atomic mass is 32.1. The molecule has 2 rings (SSSR count). The molecule has 0 saturated heterocycles. The summed E-state index contributed by atoms with van der Waals surface area (Å²) in [6, 6.07) is 1.96. The van der Waals surface area contributed by atoms with Gasteiger partial charge in [0.2, 0.25) is 11.7 Å². The molecule has 2 aromatic rings. The van der Waals surface area contributed by atoms with Crippen molar-refractivity contribution in [3.05, 3.63) is 22.7 Å². The minimum absolute atomic E-state index is 0.127. The van der Waals surface area contributed by atoms with E-state index < -0.39 is 0 Å². The molecule has 2 heterocycles. The van der Waals surface area contributed by atoms with Crippen LogP contribution in [0.4, 0.5) is 0 Å². The van der Waals surface area contributed by atoms with Gasteiger partial charge in [-0.25, -0.2) is 0 Å². The molecular weight excluding hydrogens is 226 g/mol. The van der Waals surface area contributed by atoms with Gasteiger partial charge in [0.05, 0.1) is 13.2 Å². The van der Waals surface area contributed by atoms with Crippen LogP contribution in [-0.2, 0) is 6.54 Å². The van der Waals surface area contributed by atoms with E-state index >= 15 is 0 Å². The van der Waals surface area contributed by atoms with E-state index in [0.29, 0.717) is 24.8 Å². The predicted molar refractivity (Wildman–Crippen MR) is 61.0 cm³/mol. The van der Waals surface area contributed by atoms with Crippen LogP contribution in [0.1, 0.15) is 5.89 Å². The van der Waals surface area contributed by atoms with Crippen molar-refractivity contribution in [1.82, 2.24) is 15.0 Å². The fourth-order valence-electron chi connectivity index (χ4n) is 1.31. The van der Waals surface area contributed by atoms with Gasteiger partial charge in [-0.3, -0.25) is 4.90 Å². The zero-order valence-corrected chi connectivity index (χ0v) is 9.78. The van der Waals surface area contributed by atoms with Crippen LogP contribution in [0.25, 0.3) is 11.4 Å². The van der Waals surface area contributed by atoms with Gasteiger partial charge in [0.1, 0.15) is 0 Å². The summed E-state index contributed by atoms with van der Waals surface area (Å²) in [6.07, 6.45) is 0. The molecule has 0 aliphatic rings. The van der Waals surface area contributed by atoms with Gasteiger partial charge in [0, 0.05) is 17.5 Å². The number of rotatable bonds is 5. The monoisotopic (exact) mass is 239 g/mol. The maximum atomic E-state index is 8.76. The number of aliphatic hydroxyl groups is 1.